The summed E-state index contributed by atoms with van der Waals surface area (Å²) >= 11 is 8.77. The molecular formula is C10H6ClN3S2. The number of rotatable bonds is 2. The number of nitrogens with zero attached hydrogens (tertiary/aromatic N) is 3. The highest BCUT2D eigenvalue weighted by Crippen LogP contribution is 2.30. The van der Waals surface area contributed by atoms with Gasteiger partial charge in [0, 0.05) is 11.1 Å². The van der Waals surface area contributed by atoms with E-state index in [4.69, 9.17) is 16.9 Å². The normalized spacial score (nSPS) is 10.1. The van der Waals surface area contributed by atoms with E-state index < -0.39 is 0 Å². The van der Waals surface area contributed by atoms with Gasteiger partial charge in [0.05, 0.1) is 11.6 Å². The third-order valence-corrected chi connectivity index (χ3v) is 3.86. The van der Waals surface area contributed by atoms with Crippen LogP contribution in [-0.2, 0) is 0 Å². The van der Waals surface area contributed by atoms with Gasteiger partial charge in [-0.15, -0.1) is 11.3 Å². The molecule has 0 radical (unpaired) electrons. The van der Waals surface area contributed by atoms with Gasteiger partial charge in [-0.1, -0.05) is 11.6 Å². The Morgan fingerprint density at radius 3 is 2.88 bits per heavy atom. The minimum Gasteiger partial charge on any atom is -0.235 e. The van der Waals surface area contributed by atoms with E-state index in [0.717, 1.165) is 10.0 Å². The number of nitriles is 1. The molecule has 0 spiro atoms. The molecule has 0 fully saturated rings. The molecule has 0 aromatic carbocycles. The molecule has 0 aliphatic heterocycles. The Morgan fingerprint density at radius 1 is 1.44 bits per heavy atom. The molecule has 16 heavy (non-hydrogen) atoms. The number of hydrogen-bond donors (Lipinski definition) is 0. The van der Waals surface area contributed by atoms with E-state index in [0.29, 0.717) is 15.7 Å². The molecule has 0 amide bonds. The molecule has 0 aliphatic carbocycles. The summed E-state index contributed by atoms with van der Waals surface area (Å²) in [5.74, 6) is 0. The van der Waals surface area contributed by atoms with Crippen LogP contribution in [0.25, 0.3) is 0 Å². The fourth-order valence-electron chi connectivity index (χ4n) is 1.06. The second-order valence-corrected chi connectivity index (χ2v) is 5.50. The Bertz CT molecular complexity index is 559. The fourth-order valence-corrected chi connectivity index (χ4v) is 3.13. The molecule has 2 rings (SSSR count). The van der Waals surface area contributed by atoms with E-state index >= 15 is 0 Å². The summed E-state index contributed by atoms with van der Waals surface area (Å²) in [5.41, 5.74) is 1.49. The SMILES string of the molecule is Cc1csc(Sc2cc(C#N)cc(Cl)n2)n1. The van der Waals surface area contributed by atoms with Gasteiger partial charge >= 0.3 is 0 Å². The summed E-state index contributed by atoms with van der Waals surface area (Å²) in [5, 5.41) is 11.8. The minimum atomic E-state index is 0.329. The molecule has 0 saturated heterocycles. The standard InChI is InChI=1S/C10H6ClN3S2/c1-6-5-15-10(13-6)16-9-3-7(4-12)2-8(11)14-9/h2-3,5H,1H3. The second kappa shape index (κ2) is 4.83. The molecule has 0 bridgehead atoms. The first-order valence-electron chi connectivity index (χ1n) is 4.35. The number of hydrogen-bond acceptors (Lipinski definition) is 5. The van der Waals surface area contributed by atoms with Gasteiger partial charge in [-0.3, -0.25) is 0 Å². The Hall–Kier alpha value is -1.09. The van der Waals surface area contributed by atoms with Gasteiger partial charge in [0.25, 0.3) is 0 Å². The van der Waals surface area contributed by atoms with Crippen LogP contribution >= 0.6 is 34.7 Å². The number of aromatic nitrogens is 2. The summed E-state index contributed by atoms with van der Waals surface area (Å²) in [4.78, 5) is 8.44. The van der Waals surface area contributed by atoms with Crippen molar-refractivity contribution in [1.29, 1.82) is 5.26 Å². The van der Waals surface area contributed by atoms with Crippen molar-refractivity contribution in [2.75, 3.05) is 0 Å². The van der Waals surface area contributed by atoms with Crippen molar-refractivity contribution >= 4 is 34.7 Å². The maximum atomic E-state index is 8.80. The first-order chi connectivity index (χ1) is 7.67. The molecule has 2 aromatic rings. The van der Waals surface area contributed by atoms with E-state index in [-0.39, 0.29) is 0 Å². The zero-order chi connectivity index (χ0) is 11.5. The molecule has 0 aliphatic rings. The predicted molar refractivity (Wildman–Crippen MR) is 64.9 cm³/mol. The van der Waals surface area contributed by atoms with E-state index in [9.17, 15) is 0 Å². The van der Waals surface area contributed by atoms with Crippen LogP contribution in [0.5, 0.6) is 0 Å². The van der Waals surface area contributed by atoms with Crippen molar-refractivity contribution in [2.24, 2.45) is 0 Å². The van der Waals surface area contributed by atoms with Gasteiger partial charge in [-0.2, -0.15) is 5.26 Å². The van der Waals surface area contributed by atoms with E-state index in [1.807, 2.05) is 18.4 Å². The molecule has 80 valence electrons. The molecule has 0 N–H and O–H groups in total. The summed E-state index contributed by atoms with van der Waals surface area (Å²) in [6.07, 6.45) is 0. The third-order valence-electron chi connectivity index (χ3n) is 1.69. The molecule has 0 unspecified atom stereocenters. The monoisotopic (exact) mass is 267 g/mol. The highest BCUT2D eigenvalue weighted by molar-refractivity contribution is 8.01. The van der Waals surface area contributed by atoms with Crippen LogP contribution in [-0.4, -0.2) is 9.97 Å². The van der Waals surface area contributed by atoms with Crippen LogP contribution < -0.4 is 0 Å². The fraction of sp³-hybridized carbons (Fsp3) is 0.100. The van der Waals surface area contributed by atoms with E-state index in [2.05, 4.69) is 9.97 Å². The number of pyridine rings is 1. The van der Waals surface area contributed by atoms with Gasteiger partial charge < -0.3 is 0 Å². The molecule has 2 aromatic heterocycles. The maximum absolute atomic E-state index is 8.80. The molecular weight excluding hydrogens is 262 g/mol. The largest absolute Gasteiger partial charge is 0.235 e. The Balaban J connectivity index is 2.28. The Kier molecular flexibility index (Phi) is 3.44. The average molecular weight is 268 g/mol. The molecule has 3 nitrogen and oxygen atoms in total. The number of thiazole rings is 1. The van der Waals surface area contributed by atoms with Crippen LogP contribution in [0, 0.1) is 18.3 Å². The lowest BCUT2D eigenvalue weighted by molar-refractivity contribution is 1.11. The summed E-state index contributed by atoms with van der Waals surface area (Å²) in [7, 11) is 0. The first-order valence-corrected chi connectivity index (χ1v) is 6.42. The molecule has 0 saturated carbocycles. The summed E-state index contributed by atoms with van der Waals surface area (Å²) in [6, 6.07) is 5.29. The van der Waals surface area contributed by atoms with E-state index in [1.165, 1.54) is 11.8 Å². The van der Waals surface area contributed by atoms with Crippen molar-refractivity contribution in [1.82, 2.24) is 9.97 Å². The Morgan fingerprint density at radius 2 is 2.25 bits per heavy atom. The Labute approximate surface area is 106 Å². The van der Waals surface area contributed by atoms with Crippen molar-refractivity contribution in [3.05, 3.63) is 33.9 Å². The lowest BCUT2D eigenvalue weighted by Gasteiger charge is -1.98. The van der Waals surface area contributed by atoms with Crippen LogP contribution in [0.1, 0.15) is 11.3 Å². The third kappa shape index (κ3) is 2.73. The van der Waals surface area contributed by atoms with Crippen molar-refractivity contribution < 1.29 is 0 Å². The topological polar surface area (TPSA) is 49.6 Å². The lowest BCUT2D eigenvalue weighted by atomic mass is 10.3. The van der Waals surface area contributed by atoms with Crippen LogP contribution in [0.3, 0.4) is 0 Å². The molecule has 2 heterocycles. The molecule has 6 heteroatoms. The van der Waals surface area contributed by atoms with Gasteiger partial charge in [-0.25, -0.2) is 9.97 Å². The number of aryl methyl sites for hydroxylation is 1. The predicted octanol–water partition coefficient (Wildman–Crippen LogP) is 3.52. The first kappa shape index (κ1) is 11.4. The zero-order valence-electron chi connectivity index (χ0n) is 8.27. The van der Waals surface area contributed by atoms with E-state index in [1.54, 1.807) is 23.5 Å². The number of halogens is 1. The van der Waals surface area contributed by atoms with Crippen LogP contribution in [0.15, 0.2) is 26.9 Å². The van der Waals surface area contributed by atoms with Crippen LogP contribution in [0.2, 0.25) is 5.15 Å². The quantitative estimate of drug-likeness (QED) is 0.781. The zero-order valence-corrected chi connectivity index (χ0v) is 10.7. The van der Waals surface area contributed by atoms with Crippen molar-refractivity contribution in [3.8, 4) is 6.07 Å². The van der Waals surface area contributed by atoms with Crippen molar-refractivity contribution in [3.63, 3.8) is 0 Å². The summed E-state index contributed by atoms with van der Waals surface area (Å²) < 4.78 is 0.899. The lowest BCUT2D eigenvalue weighted by Crippen LogP contribution is -1.84. The second-order valence-electron chi connectivity index (χ2n) is 2.99. The van der Waals surface area contributed by atoms with Gasteiger partial charge in [0.15, 0.2) is 4.34 Å². The highest BCUT2D eigenvalue weighted by atomic mass is 35.5. The van der Waals surface area contributed by atoms with Crippen LogP contribution in [0.4, 0.5) is 0 Å². The average Bonchev–Trinajstić information content (AvgIpc) is 2.63. The van der Waals surface area contributed by atoms with Crippen molar-refractivity contribution in [2.45, 2.75) is 16.3 Å². The highest BCUT2D eigenvalue weighted by Gasteiger charge is 2.06. The smallest absolute Gasteiger partial charge is 0.156 e. The van der Waals surface area contributed by atoms with Gasteiger partial charge in [0.2, 0.25) is 0 Å². The maximum Gasteiger partial charge on any atom is 0.156 e. The van der Waals surface area contributed by atoms with Gasteiger partial charge in [0.1, 0.15) is 10.2 Å². The summed E-state index contributed by atoms with van der Waals surface area (Å²) in [6.45, 7) is 1.94. The molecule has 0 atom stereocenters. The minimum absolute atomic E-state index is 0.329. The van der Waals surface area contributed by atoms with Gasteiger partial charge in [-0.05, 0) is 30.8 Å².